The Morgan fingerprint density at radius 1 is 1.00 bits per heavy atom. The fourth-order valence-corrected chi connectivity index (χ4v) is 3.92. The Bertz CT molecular complexity index is 847. The van der Waals surface area contributed by atoms with Gasteiger partial charge in [-0.1, -0.05) is 0 Å². The van der Waals surface area contributed by atoms with Crippen LogP contribution in [-0.4, -0.2) is 41.0 Å². The van der Waals surface area contributed by atoms with Crippen molar-refractivity contribution in [2.24, 2.45) is 11.8 Å². The summed E-state index contributed by atoms with van der Waals surface area (Å²) in [5.41, 5.74) is 0.468. The van der Waals surface area contributed by atoms with Gasteiger partial charge >= 0.3 is 6.09 Å². The monoisotopic (exact) mass is 397 g/mol. The standard InChI is InChI=1S/C22H24FN3O3/c23-18-5-3-17(4-6-18)21(27)25-20(15-1-2-15)16-9-13-26(14-10-16)22(28)29-19-7-11-24-12-8-19/h3-8,11-12,15-16,20H,1-2,9-10,13-14H2,(H,25,27). The third-order valence-electron chi connectivity index (χ3n) is 5.69. The first kappa shape index (κ1) is 19.4. The van der Waals surface area contributed by atoms with Gasteiger partial charge in [-0.25, -0.2) is 9.18 Å². The molecule has 2 aliphatic rings. The second-order valence-corrected chi connectivity index (χ2v) is 7.72. The zero-order chi connectivity index (χ0) is 20.2. The Morgan fingerprint density at radius 3 is 2.24 bits per heavy atom. The van der Waals surface area contributed by atoms with Crippen LogP contribution in [0.1, 0.15) is 36.0 Å². The number of pyridine rings is 1. The lowest BCUT2D eigenvalue weighted by Crippen LogP contribution is -2.48. The minimum atomic E-state index is -0.355. The molecule has 0 spiro atoms. The molecular formula is C22H24FN3O3. The van der Waals surface area contributed by atoms with Gasteiger partial charge in [-0.2, -0.15) is 0 Å². The Labute approximate surface area is 169 Å². The molecule has 1 saturated heterocycles. The van der Waals surface area contributed by atoms with Crippen molar-refractivity contribution in [3.8, 4) is 5.75 Å². The van der Waals surface area contributed by atoms with Crippen LogP contribution in [0.5, 0.6) is 5.75 Å². The lowest BCUT2D eigenvalue weighted by atomic mass is 9.86. The smallest absolute Gasteiger partial charge is 0.410 e. The number of aromatic nitrogens is 1. The highest BCUT2D eigenvalue weighted by Crippen LogP contribution is 2.39. The van der Waals surface area contributed by atoms with E-state index in [0.29, 0.717) is 36.2 Å². The van der Waals surface area contributed by atoms with Crippen molar-refractivity contribution in [2.75, 3.05) is 13.1 Å². The quantitative estimate of drug-likeness (QED) is 0.836. The van der Waals surface area contributed by atoms with Crippen molar-refractivity contribution in [1.29, 1.82) is 0 Å². The molecule has 1 aliphatic carbocycles. The van der Waals surface area contributed by atoms with Gasteiger partial charge < -0.3 is 15.0 Å². The zero-order valence-electron chi connectivity index (χ0n) is 16.1. The van der Waals surface area contributed by atoms with E-state index < -0.39 is 0 Å². The van der Waals surface area contributed by atoms with Gasteiger partial charge in [0.1, 0.15) is 11.6 Å². The predicted octanol–water partition coefficient (Wildman–Crippen LogP) is 3.64. The van der Waals surface area contributed by atoms with Gasteiger partial charge in [-0.15, -0.1) is 0 Å². The summed E-state index contributed by atoms with van der Waals surface area (Å²) < 4.78 is 18.5. The summed E-state index contributed by atoms with van der Waals surface area (Å²) in [6, 6.07) is 9.00. The highest BCUT2D eigenvalue weighted by Gasteiger charge is 2.39. The fourth-order valence-electron chi connectivity index (χ4n) is 3.92. The number of carbonyl (C=O) groups excluding carboxylic acids is 2. The molecule has 2 aromatic rings. The molecule has 2 fully saturated rings. The number of likely N-dealkylation sites (tertiary alicyclic amines) is 1. The van der Waals surface area contributed by atoms with E-state index in [-0.39, 0.29) is 23.9 Å². The van der Waals surface area contributed by atoms with Gasteiger partial charge in [-0.3, -0.25) is 9.78 Å². The minimum Gasteiger partial charge on any atom is -0.410 e. The second-order valence-electron chi connectivity index (χ2n) is 7.72. The molecule has 2 amide bonds. The number of carbonyl (C=O) groups is 2. The summed E-state index contributed by atoms with van der Waals surface area (Å²) in [5.74, 6) is 0.763. The molecule has 7 heteroatoms. The Morgan fingerprint density at radius 2 is 1.62 bits per heavy atom. The van der Waals surface area contributed by atoms with E-state index in [2.05, 4.69) is 10.3 Å². The van der Waals surface area contributed by atoms with Crippen LogP contribution in [0.25, 0.3) is 0 Å². The van der Waals surface area contributed by atoms with Gasteiger partial charge in [-0.05, 0) is 73.9 Å². The molecular weight excluding hydrogens is 373 g/mol. The van der Waals surface area contributed by atoms with Crippen molar-refractivity contribution < 1.29 is 18.7 Å². The van der Waals surface area contributed by atoms with Crippen LogP contribution in [0.4, 0.5) is 9.18 Å². The van der Waals surface area contributed by atoms with Crippen molar-refractivity contribution in [2.45, 2.75) is 31.7 Å². The third-order valence-corrected chi connectivity index (χ3v) is 5.69. The van der Waals surface area contributed by atoms with E-state index >= 15 is 0 Å². The summed E-state index contributed by atoms with van der Waals surface area (Å²) in [6.45, 7) is 1.20. The summed E-state index contributed by atoms with van der Waals surface area (Å²) in [5, 5.41) is 3.17. The molecule has 4 rings (SSSR count). The Balaban J connectivity index is 1.32. The molecule has 2 heterocycles. The molecule has 29 heavy (non-hydrogen) atoms. The summed E-state index contributed by atoms with van der Waals surface area (Å²) >= 11 is 0. The number of hydrogen-bond donors (Lipinski definition) is 1. The van der Waals surface area contributed by atoms with Crippen LogP contribution in [0, 0.1) is 17.7 Å². The summed E-state index contributed by atoms with van der Waals surface area (Å²) in [6.07, 6.45) is 6.66. The van der Waals surface area contributed by atoms with E-state index in [0.717, 1.165) is 25.7 Å². The van der Waals surface area contributed by atoms with Crippen LogP contribution in [0.2, 0.25) is 0 Å². The van der Waals surface area contributed by atoms with Crippen molar-refractivity contribution in [1.82, 2.24) is 15.2 Å². The van der Waals surface area contributed by atoms with E-state index in [1.807, 2.05) is 0 Å². The highest BCUT2D eigenvalue weighted by molar-refractivity contribution is 5.94. The molecule has 152 valence electrons. The molecule has 1 N–H and O–H groups in total. The third kappa shape index (κ3) is 4.91. The average molecular weight is 397 g/mol. The number of nitrogens with one attached hydrogen (secondary N) is 1. The van der Waals surface area contributed by atoms with E-state index in [1.165, 1.54) is 24.3 Å². The fraction of sp³-hybridized carbons (Fsp3) is 0.409. The van der Waals surface area contributed by atoms with Crippen molar-refractivity contribution in [3.63, 3.8) is 0 Å². The second kappa shape index (κ2) is 8.59. The summed E-state index contributed by atoms with van der Waals surface area (Å²) in [4.78, 5) is 30.6. The molecule has 6 nitrogen and oxygen atoms in total. The lowest BCUT2D eigenvalue weighted by Gasteiger charge is -2.36. The number of rotatable bonds is 5. The lowest BCUT2D eigenvalue weighted by molar-refractivity contribution is 0.0871. The average Bonchev–Trinajstić information content (AvgIpc) is 3.58. The summed E-state index contributed by atoms with van der Waals surface area (Å²) in [7, 11) is 0. The maximum absolute atomic E-state index is 13.1. The number of halogens is 1. The van der Waals surface area contributed by atoms with Gasteiger partial charge in [0.25, 0.3) is 5.91 Å². The van der Waals surface area contributed by atoms with Crippen molar-refractivity contribution in [3.05, 3.63) is 60.2 Å². The Kier molecular flexibility index (Phi) is 5.74. The molecule has 0 bridgehead atoms. The van der Waals surface area contributed by atoms with Crippen LogP contribution in [0.15, 0.2) is 48.8 Å². The van der Waals surface area contributed by atoms with Crippen LogP contribution < -0.4 is 10.1 Å². The molecule has 1 aromatic carbocycles. The van der Waals surface area contributed by atoms with Crippen LogP contribution in [0.3, 0.4) is 0 Å². The van der Waals surface area contributed by atoms with E-state index in [4.69, 9.17) is 4.74 Å². The highest BCUT2D eigenvalue weighted by atomic mass is 19.1. The minimum absolute atomic E-state index is 0.0888. The Hall–Kier alpha value is -2.96. The molecule has 0 radical (unpaired) electrons. The molecule has 1 aliphatic heterocycles. The van der Waals surface area contributed by atoms with Gasteiger partial charge in [0, 0.05) is 37.1 Å². The number of piperidine rings is 1. The number of hydrogen-bond acceptors (Lipinski definition) is 4. The van der Waals surface area contributed by atoms with Crippen molar-refractivity contribution >= 4 is 12.0 Å². The predicted molar refractivity (Wildman–Crippen MR) is 105 cm³/mol. The maximum atomic E-state index is 13.1. The largest absolute Gasteiger partial charge is 0.415 e. The molecule has 1 unspecified atom stereocenters. The van der Waals surface area contributed by atoms with Gasteiger partial charge in [0.2, 0.25) is 0 Å². The number of benzene rings is 1. The number of ether oxygens (including phenoxy) is 1. The SMILES string of the molecule is O=C(NC(C1CC1)C1CCN(C(=O)Oc2ccncc2)CC1)c1ccc(F)cc1. The number of nitrogens with zero attached hydrogens (tertiary/aromatic N) is 2. The van der Waals surface area contributed by atoms with Gasteiger partial charge in [0.05, 0.1) is 0 Å². The van der Waals surface area contributed by atoms with Crippen LogP contribution >= 0.6 is 0 Å². The van der Waals surface area contributed by atoms with Crippen LogP contribution in [-0.2, 0) is 0 Å². The first-order valence-electron chi connectivity index (χ1n) is 10.0. The molecule has 1 saturated carbocycles. The topological polar surface area (TPSA) is 71.5 Å². The van der Waals surface area contributed by atoms with E-state index in [9.17, 15) is 14.0 Å². The maximum Gasteiger partial charge on any atom is 0.415 e. The zero-order valence-corrected chi connectivity index (χ0v) is 16.1. The molecule has 1 atom stereocenters. The molecule has 1 aromatic heterocycles. The van der Waals surface area contributed by atoms with E-state index in [1.54, 1.807) is 29.4 Å². The normalized spacial score (nSPS) is 18.2. The first-order chi connectivity index (χ1) is 14.1. The van der Waals surface area contributed by atoms with Gasteiger partial charge in [0.15, 0.2) is 0 Å². The number of amides is 2. The first-order valence-corrected chi connectivity index (χ1v) is 10.0.